The summed E-state index contributed by atoms with van der Waals surface area (Å²) in [5.74, 6) is -0.486. The number of rotatable bonds is 6. The number of benzene rings is 1. The first-order valence-electron chi connectivity index (χ1n) is 8.60. The summed E-state index contributed by atoms with van der Waals surface area (Å²) in [6, 6.07) is 5.82. The van der Waals surface area contributed by atoms with Crippen LogP contribution in [0.2, 0.25) is 0 Å². The number of hydrogen-bond acceptors (Lipinski definition) is 6. The van der Waals surface area contributed by atoms with Gasteiger partial charge in [-0.05, 0) is 12.0 Å². The summed E-state index contributed by atoms with van der Waals surface area (Å²) in [5, 5.41) is 13.5. The lowest BCUT2D eigenvalue weighted by molar-refractivity contribution is -0.384. The molecule has 9 nitrogen and oxygen atoms in total. The molecule has 2 rings (SSSR count). The lowest BCUT2D eigenvalue weighted by Crippen LogP contribution is -2.52. The fourth-order valence-corrected chi connectivity index (χ4v) is 2.71. The van der Waals surface area contributed by atoms with Gasteiger partial charge >= 0.3 is 0 Å². The molecule has 1 heterocycles. The Labute approximate surface area is 176 Å². The Morgan fingerprint density at radius 2 is 1.82 bits per heavy atom. The SMILES string of the molecule is CC(C)[C@H](N)C(=O)NCC(=O)N1CCN(c2cccc([N+](=O)[O-])c2)CC1.Cl.Cl. The number of piperazine rings is 1. The molecule has 158 valence electrons. The van der Waals surface area contributed by atoms with Crippen molar-refractivity contribution in [2.75, 3.05) is 37.6 Å². The fourth-order valence-electron chi connectivity index (χ4n) is 2.71. The van der Waals surface area contributed by atoms with E-state index in [4.69, 9.17) is 5.73 Å². The van der Waals surface area contributed by atoms with E-state index in [1.807, 2.05) is 24.8 Å². The molecule has 3 N–H and O–H groups in total. The van der Waals surface area contributed by atoms with Crippen molar-refractivity contribution in [2.45, 2.75) is 19.9 Å². The molecule has 0 unspecified atom stereocenters. The monoisotopic (exact) mass is 435 g/mol. The Morgan fingerprint density at radius 1 is 1.21 bits per heavy atom. The van der Waals surface area contributed by atoms with E-state index in [0.29, 0.717) is 26.2 Å². The molecule has 1 aliphatic rings. The van der Waals surface area contributed by atoms with Crippen LogP contribution in [-0.2, 0) is 9.59 Å². The summed E-state index contributed by atoms with van der Waals surface area (Å²) >= 11 is 0. The standard InChI is InChI=1S/C17H25N5O4.2ClH/c1-12(2)16(18)17(24)19-11-15(23)21-8-6-20(7-9-21)13-4-3-5-14(10-13)22(25)26;;/h3-5,10,12,16H,6-9,11,18H2,1-2H3,(H,19,24);2*1H/t16-;;/m0../s1. The number of amides is 2. The van der Waals surface area contributed by atoms with Crippen molar-refractivity contribution >= 4 is 48.0 Å². The van der Waals surface area contributed by atoms with Crippen LogP contribution in [0, 0.1) is 16.0 Å². The lowest BCUT2D eigenvalue weighted by atomic mass is 10.1. The first kappa shape index (κ1) is 25.9. The van der Waals surface area contributed by atoms with E-state index in [9.17, 15) is 19.7 Å². The number of nitrogens with zero attached hydrogens (tertiary/aromatic N) is 3. The number of nitrogens with one attached hydrogen (secondary N) is 1. The summed E-state index contributed by atoms with van der Waals surface area (Å²) in [7, 11) is 0. The van der Waals surface area contributed by atoms with Crippen molar-refractivity contribution in [2.24, 2.45) is 11.7 Å². The predicted molar refractivity (Wildman–Crippen MR) is 112 cm³/mol. The topological polar surface area (TPSA) is 122 Å². The van der Waals surface area contributed by atoms with Gasteiger partial charge in [-0.25, -0.2) is 0 Å². The molecule has 1 aromatic rings. The quantitative estimate of drug-likeness (QED) is 0.510. The minimum atomic E-state index is -0.631. The average molecular weight is 436 g/mol. The highest BCUT2D eigenvalue weighted by molar-refractivity contribution is 5.87. The number of carbonyl (C=O) groups excluding carboxylic acids is 2. The molecule has 0 bridgehead atoms. The molecule has 11 heteroatoms. The minimum Gasteiger partial charge on any atom is -0.368 e. The molecule has 1 aromatic carbocycles. The third-order valence-corrected chi connectivity index (χ3v) is 4.47. The fraction of sp³-hybridized carbons (Fsp3) is 0.529. The first-order chi connectivity index (χ1) is 12.3. The third kappa shape index (κ3) is 6.81. The van der Waals surface area contributed by atoms with Gasteiger partial charge in [0.05, 0.1) is 17.5 Å². The molecule has 0 aliphatic carbocycles. The van der Waals surface area contributed by atoms with Crippen LogP contribution in [0.1, 0.15) is 13.8 Å². The zero-order chi connectivity index (χ0) is 19.3. The predicted octanol–water partition coefficient (Wildman–Crippen LogP) is 1.19. The number of hydrogen-bond donors (Lipinski definition) is 2. The van der Waals surface area contributed by atoms with E-state index in [0.717, 1.165) is 5.69 Å². The van der Waals surface area contributed by atoms with E-state index in [1.165, 1.54) is 12.1 Å². The highest BCUT2D eigenvalue weighted by Gasteiger charge is 2.23. The van der Waals surface area contributed by atoms with Crippen molar-refractivity contribution in [3.63, 3.8) is 0 Å². The normalized spacial score (nSPS) is 14.6. The van der Waals surface area contributed by atoms with Crippen molar-refractivity contribution in [1.29, 1.82) is 0 Å². The Bertz CT molecular complexity index is 681. The number of nitrogens with two attached hydrogens (primary N) is 1. The number of halogens is 2. The highest BCUT2D eigenvalue weighted by atomic mass is 35.5. The molecule has 1 aliphatic heterocycles. The van der Waals surface area contributed by atoms with Gasteiger partial charge in [-0.15, -0.1) is 24.8 Å². The number of non-ortho nitro benzene ring substituents is 1. The van der Waals surface area contributed by atoms with Crippen molar-refractivity contribution in [3.05, 3.63) is 34.4 Å². The second-order valence-corrected chi connectivity index (χ2v) is 6.63. The van der Waals surface area contributed by atoms with Gasteiger partial charge in [-0.3, -0.25) is 19.7 Å². The van der Waals surface area contributed by atoms with Crippen LogP contribution in [0.3, 0.4) is 0 Å². The summed E-state index contributed by atoms with van der Waals surface area (Å²) in [4.78, 5) is 38.2. The Kier molecular flexibility index (Phi) is 10.8. The van der Waals surface area contributed by atoms with Gasteiger partial charge < -0.3 is 20.9 Å². The Balaban J connectivity index is 0.00000364. The summed E-state index contributed by atoms with van der Waals surface area (Å²) in [5.41, 5.74) is 6.56. The van der Waals surface area contributed by atoms with Crippen LogP contribution in [-0.4, -0.2) is 60.4 Å². The molecule has 0 spiro atoms. The van der Waals surface area contributed by atoms with Crippen molar-refractivity contribution in [3.8, 4) is 0 Å². The lowest BCUT2D eigenvalue weighted by Gasteiger charge is -2.36. The molecule has 1 fully saturated rings. The van der Waals surface area contributed by atoms with Gasteiger partial charge in [0.2, 0.25) is 11.8 Å². The molecule has 2 amide bonds. The Morgan fingerprint density at radius 3 is 2.36 bits per heavy atom. The molecule has 0 radical (unpaired) electrons. The maximum Gasteiger partial charge on any atom is 0.271 e. The van der Waals surface area contributed by atoms with Gasteiger partial charge in [0.1, 0.15) is 0 Å². The molecular weight excluding hydrogens is 409 g/mol. The maximum absolute atomic E-state index is 12.2. The average Bonchev–Trinajstić information content (AvgIpc) is 2.65. The van der Waals surface area contributed by atoms with Crippen LogP contribution in [0.25, 0.3) is 0 Å². The first-order valence-corrected chi connectivity index (χ1v) is 8.60. The molecular formula is C17H27Cl2N5O4. The van der Waals surface area contributed by atoms with Gasteiger partial charge in [0.15, 0.2) is 0 Å². The number of nitro groups is 1. The number of anilines is 1. The van der Waals surface area contributed by atoms with Crippen LogP contribution in [0.4, 0.5) is 11.4 Å². The molecule has 0 aromatic heterocycles. The molecule has 0 saturated carbocycles. The molecule has 1 saturated heterocycles. The largest absolute Gasteiger partial charge is 0.368 e. The molecule has 28 heavy (non-hydrogen) atoms. The zero-order valence-corrected chi connectivity index (χ0v) is 17.5. The second kappa shape index (κ2) is 11.7. The summed E-state index contributed by atoms with van der Waals surface area (Å²) in [6.07, 6.45) is 0. The zero-order valence-electron chi connectivity index (χ0n) is 15.9. The highest BCUT2D eigenvalue weighted by Crippen LogP contribution is 2.22. The number of carbonyl (C=O) groups is 2. The van der Waals surface area contributed by atoms with Crippen molar-refractivity contribution < 1.29 is 14.5 Å². The van der Waals surface area contributed by atoms with Gasteiger partial charge in [-0.2, -0.15) is 0 Å². The van der Waals surface area contributed by atoms with Crippen LogP contribution in [0.5, 0.6) is 0 Å². The number of nitro benzene ring substituents is 1. The van der Waals surface area contributed by atoms with Crippen molar-refractivity contribution in [1.82, 2.24) is 10.2 Å². The maximum atomic E-state index is 12.2. The second-order valence-electron chi connectivity index (χ2n) is 6.63. The van der Waals surface area contributed by atoms with Crippen LogP contribution < -0.4 is 16.0 Å². The smallest absolute Gasteiger partial charge is 0.271 e. The van der Waals surface area contributed by atoms with E-state index in [-0.39, 0.29) is 54.8 Å². The third-order valence-electron chi connectivity index (χ3n) is 4.47. The van der Waals surface area contributed by atoms with Gasteiger partial charge in [-0.1, -0.05) is 19.9 Å². The Hall–Kier alpha value is -2.10. The summed E-state index contributed by atoms with van der Waals surface area (Å²) < 4.78 is 0. The van der Waals surface area contributed by atoms with Gasteiger partial charge in [0.25, 0.3) is 5.69 Å². The van der Waals surface area contributed by atoms with Crippen LogP contribution >= 0.6 is 24.8 Å². The van der Waals surface area contributed by atoms with Gasteiger partial charge in [0, 0.05) is 44.0 Å². The van der Waals surface area contributed by atoms with Crippen LogP contribution in [0.15, 0.2) is 24.3 Å². The van der Waals surface area contributed by atoms with E-state index in [2.05, 4.69) is 5.32 Å². The minimum absolute atomic E-state index is 0. The summed E-state index contributed by atoms with van der Waals surface area (Å²) in [6.45, 7) is 5.76. The van der Waals surface area contributed by atoms with E-state index >= 15 is 0 Å². The molecule has 1 atom stereocenters. The van der Waals surface area contributed by atoms with E-state index in [1.54, 1.807) is 11.0 Å². The van der Waals surface area contributed by atoms with E-state index < -0.39 is 11.0 Å².